The summed E-state index contributed by atoms with van der Waals surface area (Å²) in [5, 5.41) is 0. The minimum absolute atomic E-state index is 0.00617. The number of likely N-dealkylation sites (tertiary alicyclic amines) is 1. The van der Waals surface area contributed by atoms with Crippen LogP contribution < -0.4 is 0 Å². The van der Waals surface area contributed by atoms with Crippen LogP contribution in [0, 0.1) is 5.92 Å². The van der Waals surface area contributed by atoms with Gasteiger partial charge in [-0.1, -0.05) is 12.1 Å². The molecule has 1 aromatic carbocycles. The molecule has 26 heavy (non-hydrogen) atoms. The van der Waals surface area contributed by atoms with Gasteiger partial charge in [-0.05, 0) is 49.3 Å². The molecule has 0 saturated carbocycles. The van der Waals surface area contributed by atoms with Crippen LogP contribution in [-0.4, -0.2) is 40.1 Å². The fourth-order valence-electron chi connectivity index (χ4n) is 3.66. The lowest BCUT2D eigenvalue weighted by molar-refractivity contribution is 0.0639. The van der Waals surface area contributed by atoms with Crippen LogP contribution >= 0.6 is 11.8 Å². The van der Waals surface area contributed by atoms with E-state index in [1.54, 1.807) is 17.8 Å². The van der Waals surface area contributed by atoms with Gasteiger partial charge in [-0.2, -0.15) is 11.8 Å². The van der Waals surface area contributed by atoms with Crippen molar-refractivity contribution in [2.24, 2.45) is 5.92 Å². The van der Waals surface area contributed by atoms with Gasteiger partial charge in [0.25, 0.3) is 5.91 Å². The molecule has 1 saturated heterocycles. The highest BCUT2D eigenvalue weighted by atomic mass is 32.2. The quantitative estimate of drug-likeness (QED) is 0.735. The Labute approximate surface area is 157 Å². The summed E-state index contributed by atoms with van der Waals surface area (Å²) >= 11 is 1.69. The third kappa shape index (κ3) is 3.65. The molecule has 6 heteroatoms. The predicted molar refractivity (Wildman–Crippen MR) is 104 cm³/mol. The molecule has 1 unspecified atom stereocenters. The van der Waals surface area contributed by atoms with Crippen LogP contribution in [-0.2, 0) is 12.2 Å². The number of rotatable bonds is 5. The van der Waals surface area contributed by atoms with Gasteiger partial charge in [0.15, 0.2) is 5.76 Å². The summed E-state index contributed by atoms with van der Waals surface area (Å²) in [6, 6.07) is 11.8. The van der Waals surface area contributed by atoms with Gasteiger partial charge in [-0.3, -0.25) is 4.79 Å². The van der Waals surface area contributed by atoms with Crippen molar-refractivity contribution in [3.8, 4) is 0 Å². The molecule has 4 rings (SSSR count). The number of hydrogen-bond acceptors (Lipinski definition) is 4. The SMILES string of the molecule is CSCc1ccc(C(=O)N2CCCC(Cc3nc4ccccc4[nH]3)C2)o1. The topological polar surface area (TPSA) is 62.1 Å². The lowest BCUT2D eigenvalue weighted by Crippen LogP contribution is -2.40. The summed E-state index contributed by atoms with van der Waals surface area (Å²) in [5.74, 6) is 3.54. The molecule has 0 radical (unpaired) electrons. The molecule has 3 heterocycles. The number of hydrogen-bond donors (Lipinski definition) is 1. The number of carbonyl (C=O) groups excluding carboxylic acids is 1. The van der Waals surface area contributed by atoms with Crippen molar-refractivity contribution in [1.29, 1.82) is 0 Å². The maximum absolute atomic E-state index is 12.8. The van der Waals surface area contributed by atoms with Gasteiger partial charge in [-0.25, -0.2) is 4.98 Å². The van der Waals surface area contributed by atoms with E-state index in [4.69, 9.17) is 4.42 Å². The van der Waals surface area contributed by atoms with Crippen molar-refractivity contribution in [2.45, 2.75) is 25.0 Å². The second kappa shape index (κ2) is 7.58. The molecule has 5 nitrogen and oxygen atoms in total. The highest BCUT2D eigenvalue weighted by Crippen LogP contribution is 2.23. The number of furan rings is 1. The molecule has 0 aliphatic carbocycles. The first-order valence-electron chi connectivity index (χ1n) is 9.03. The zero-order valence-electron chi connectivity index (χ0n) is 14.9. The normalized spacial score (nSPS) is 17.7. The molecule has 1 atom stereocenters. The van der Waals surface area contributed by atoms with Crippen molar-refractivity contribution in [1.82, 2.24) is 14.9 Å². The first-order chi connectivity index (χ1) is 12.7. The Hall–Kier alpha value is -2.21. The standard InChI is InChI=1S/C20H23N3O2S/c1-26-13-15-8-9-18(25-15)20(24)23-10-4-5-14(12-23)11-19-21-16-6-2-3-7-17(16)22-19/h2-3,6-9,14H,4-5,10-13H2,1H3,(H,21,22). The zero-order chi connectivity index (χ0) is 17.9. The summed E-state index contributed by atoms with van der Waals surface area (Å²) in [4.78, 5) is 22.8. The fraction of sp³-hybridized carbons (Fsp3) is 0.400. The fourth-order valence-corrected chi connectivity index (χ4v) is 4.10. The van der Waals surface area contributed by atoms with Crippen molar-refractivity contribution in [3.05, 3.63) is 53.7 Å². The average molecular weight is 369 g/mol. The Morgan fingerprint density at radius 1 is 1.35 bits per heavy atom. The van der Waals surface area contributed by atoms with Crippen molar-refractivity contribution >= 4 is 28.7 Å². The van der Waals surface area contributed by atoms with E-state index in [9.17, 15) is 4.79 Å². The Kier molecular flexibility index (Phi) is 5.02. The van der Waals surface area contributed by atoms with Crippen LogP contribution in [0.25, 0.3) is 11.0 Å². The first-order valence-corrected chi connectivity index (χ1v) is 10.4. The third-order valence-corrected chi connectivity index (χ3v) is 5.46. The Morgan fingerprint density at radius 2 is 2.23 bits per heavy atom. The van der Waals surface area contributed by atoms with Gasteiger partial charge in [0.1, 0.15) is 11.6 Å². The number of amides is 1. The summed E-state index contributed by atoms with van der Waals surface area (Å²) in [6.45, 7) is 1.56. The molecule has 1 amide bonds. The number of nitrogens with one attached hydrogen (secondary N) is 1. The lowest BCUT2D eigenvalue weighted by atomic mass is 9.94. The Bertz CT molecular complexity index is 868. The van der Waals surface area contributed by atoms with E-state index in [1.807, 2.05) is 41.5 Å². The van der Waals surface area contributed by atoms with Gasteiger partial charge in [0, 0.05) is 19.5 Å². The van der Waals surface area contributed by atoms with E-state index >= 15 is 0 Å². The number of piperidine rings is 1. The number of benzene rings is 1. The predicted octanol–water partition coefficient (Wildman–Crippen LogP) is 4.11. The molecule has 136 valence electrons. The third-order valence-electron chi connectivity index (χ3n) is 4.89. The number of aromatic amines is 1. The lowest BCUT2D eigenvalue weighted by Gasteiger charge is -2.31. The van der Waals surface area contributed by atoms with E-state index in [-0.39, 0.29) is 5.91 Å². The maximum atomic E-state index is 12.8. The summed E-state index contributed by atoms with van der Waals surface area (Å²) < 4.78 is 5.70. The zero-order valence-corrected chi connectivity index (χ0v) is 15.7. The van der Waals surface area contributed by atoms with E-state index in [2.05, 4.69) is 9.97 Å². The number of carbonyl (C=O) groups is 1. The largest absolute Gasteiger partial charge is 0.455 e. The number of nitrogens with zero attached hydrogens (tertiary/aromatic N) is 2. The second-order valence-electron chi connectivity index (χ2n) is 6.86. The molecule has 0 bridgehead atoms. The number of imidazole rings is 1. The van der Waals surface area contributed by atoms with Crippen molar-refractivity contribution in [2.75, 3.05) is 19.3 Å². The summed E-state index contributed by atoms with van der Waals surface area (Å²) in [7, 11) is 0. The van der Waals surface area contributed by atoms with Crippen LogP contribution in [0.3, 0.4) is 0 Å². The molecule has 3 aromatic rings. The molecular weight excluding hydrogens is 346 g/mol. The van der Waals surface area contributed by atoms with Crippen molar-refractivity contribution < 1.29 is 9.21 Å². The molecule has 0 spiro atoms. The Balaban J connectivity index is 1.42. The molecule has 2 aromatic heterocycles. The van der Waals surface area contributed by atoms with Gasteiger partial charge < -0.3 is 14.3 Å². The van der Waals surface area contributed by atoms with E-state index in [1.165, 1.54) is 0 Å². The minimum Gasteiger partial charge on any atom is -0.455 e. The number of H-pyrrole nitrogens is 1. The van der Waals surface area contributed by atoms with E-state index < -0.39 is 0 Å². The molecule has 1 N–H and O–H groups in total. The summed E-state index contributed by atoms with van der Waals surface area (Å²) in [5.41, 5.74) is 2.08. The number of fused-ring (bicyclic) bond motifs is 1. The van der Waals surface area contributed by atoms with E-state index in [0.717, 1.165) is 60.7 Å². The summed E-state index contributed by atoms with van der Waals surface area (Å²) in [6.07, 6.45) is 5.04. The highest BCUT2D eigenvalue weighted by molar-refractivity contribution is 7.97. The van der Waals surface area contributed by atoms with Crippen LogP contribution in [0.5, 0.6) is 0 Å². The average Bonchev–Trinajstić information content (AvgIpc) is 3.28. The van der Waals surface area contributed by atoms with Crippen LogP contribution in [0.2, 0.25) is 0 Å². The molecular formula is C20H23N3O2S. The molecule has 1 fully saturated rings. The van der Waals surface area contributed by atoms with Crippen LogP contribution in [0.15, 0.2) is 40.8 Å². The van der Waals surface area contributed by atoms with Crippen LogP contribution in [0.4, 0.5) is 0 Å². The minimum atomic E-state index is 0.00617. The molecule has 1 aliphatic rings. The monoisotopic (exact) mass is 369 g/mol. The number of para-hydroxylation sites is 2. The second-order valence-corrected chi connectivity index (χ2v) is 7.73. The highest BCUT2D eigenvalue weighted by Gasteiger charge is 2.27. The maximum Gasteiger partial charge on any atom is 0.289 e. The van der Waals surface area contributed by atoms with Gasteiger partial charge >= 0.3 is 0 Å². The number of aromatic nitrogens is 2. The molecule has 1 aliphatic heterocycles. The van der Waals surface area contributed by atoms with Gasteiger partial charge in [0.05, 0.1) is 16.8 Å². The Morgan fingerprint density at radius 3 is 3.08 bits per heavy atom. The van der Waals surface area contributed by atoms with Gasteiger partial charge in [0.2, 0.25) is 0 Å². The number of thioether (sulfide) groups is 1. The van der Waals surface area contributed by atoms with Crippen molar-refractivity contribution in [3.63, 3.8) is 0 Å². The smallest absolute Gasteiger partial charge is 0.289 e. The van der Waals surface area contributed by atoms with E-state index in [0.29, 0.717) is 11.7 Å². The van der Waals surface area contributed by atoms with Crippen LogP contribution in [0.1, 0.15) is 35.0 Å². The first kappa shape index (κ1) is 17.2. The van der Waals surface area contributed by atoms with Gasteiger partial charge in [-0.15, -0.1) is 0 Å².